The first kappa shape index (κ1) is 16.2. The third-order valence-corrected chi connectivity index (χ3v) is 3.73. The summed E-state index contributed by atoms with van der Waals surface area (Å²) in [6.07, 6.45) is -0.175. The van der Waals surface area contributed by atoms with Gasteiger partial charge in [0.1, 0.15) is 0 Å². The van der Waals surface area contributed by atoms with Gasteiger partial charge >= 0.3 is 11.9 Å². The van der Waals surface area contributed by atoms with Crippen LogP contribution < -0.4 is 4.90 Å². The van der Waals surface area contributed by atoms with Gasteiger partial charge in [-0.3, -0.25) is 10.1 Å². The van der Waals surface area contributed by atoms with E-state index in [1.54, 1.807) is 13.8 Å². The van der Waals surface area contributed by atoms with Crippen molar-refractivity contribution in [2.24, 2.45) is 0 Å². The van der Waals surface area contributed by atoms with Crippen LogP contribution in [0.5, 0.6) is 0 Å². The standard InChI is InChI=1S/C15H14N2O6/c1-8-12(14(18)19)7-13(15(20)21)9(2)16(8)10-3-5-11(6-4-10)17(22)23/h3-6H,7H2,1-2H3,(H,18,19)(H,20,21). The predicted molar refractivity (Wildman–Crippen MR) is 80.9 cm³/mol. The van der Waals surface area contributed by atoms with Crippen LogP contribution in [0.1, 0.15) is 20.3 Å². The molecule has 1 aliphatic heterocycles. The molecular formula is C15H14N2O6. The van der Waals surface area contributed by atoms with Gasteiger partial charge in [0.05, 0.1) is 16.1 Å². The first-order valence-electron chi connectivity index (χ1n) is 6.64. The number of nitrogens with zero attached hydrogens (tertiary/aromatic N) is 2. The van der Waals surface area contributed by atoms with Crippen molar-refractivity contribution in [3.8, 4) is 0 Å². The van der Waals surface area contributed by atoms with Crippen molar-refractivity contribution in [3.63, 3.8) is 0 Å². The van der Waals surface area contributed by atoms with Crippen LogP contribution in [0.2, 0.25) is 0 Å². The Hall–Kier alpha value is -3.16. The monoisotopic (exact) mass is 318 g/mol. The van der Waals surface area contributed by atoms with Gasteiger partial charge in [0, 0.05) is 35.6 Å². The normalized spacial score (nSPS) is 15.0. The zero-order chi connectivity index (χ0) is 17.3. The van der Waals surface area contributed by atoms with Crippen LogP contribution in [0, 0.1) is 10.1 Å². The van der Waals surface area contributed by atoms with E-state index in [2.05, 4.69) is 0 Å². The highest BCUT2D eigenvalue weighted by atomic mass is 16.6. The third-order valence-electron chi connectivity index (χ3n) is 3.73. The Morgan fingerprint density at radius 2 is 1.48 bits per heavy atom. The average Bonchev–Trinajstić information content (AvgIpc) is 2.47. The number of nitro benzene ring substituents is 1. The van der Waals surface area contributed by atoms with E-state index in [4.69, 9.17) is 0 Å². The predicted octanol–water partition coefficient (Wildman–Crippen LogP) is 2.52. The molecule has 0 fully saturated rings. The summed E-state index contributed by atoms with van der Waals surface area (Å²) in [6, 6.07) is 5.47. The average molecular weight is 318 g/mol. The molecule has 8 nitrogen and oxygen atoms in total. The van der Waals surface area contributed by atoms with Crippen molar-refractivity contribution >= 4 is 23.3 Å². The SMILES string of the molecule is CC1=C(C(=O)O)CC(C(=O)O)=C(C)N1c1ccc([N+](=O)[O-])cc1. The van der Waals surface area contributed by atoms with Gasteiger partial charge in [-0.15, -0.1) is 0 Å². The van der Waals surface area contributed by atoms with Crippen LogP contribution in [0.4, 0.5) is 11.4 Å². The second-order valence-electron chi connectivity index (χ2n) is 5.02. The number of anilines is 1. The van der Waals surface area contributed by atoms with Gasteiger partial charge in [0.15, 0.2) is 0 Å². The van der Waals surface area contributed by atoms with Crippen LogP contribution >= 0.6 is 0 Å². The second-order valence-corrected chi connectivity index (χ2v) is 5.02. The lowest BCUT2D eigenvalue weighted by molar-refractivity contribution is -0.384. The molecule has 1 aliphatic rings. The summed E-state index contributed by atoms with van der Waals surface area (Å²) in [5.74, 6) is -2.39. The van der Waals surface area contributed by atoms with Gasteiger partial charge < -0.3 is 15.1 Å². The molecule has 0 aromatic heterocycles. The van der Waals surface area contributed by atoms with E-state index in [1.165, 1.54) is 29.2 Å². The fourth-order valence-electron chi connectivity index (χ4n) is 2.53. The number of non-ortho nitro benzene ring substituents is 1. The number of allylic oxidation sites excluding steroid dienone is 2. The maximum absolute atomic E-state index is 11.4. The van der Waals surface area contributed by atoms with Crippen molar-refractivity contribution < 1.29 is 24.7 Å². The minimum absolute atomic E-state index is 0.0219. The number of hydrogen-bond donors (Lipinski definition) is 2. The van der Waals surface area contributed by atoms with E-state index >= 15 is 0 Å². The molecule has 0 amide bonds. The molecule has 1 heterocycles. The molecule has 0 aliphatic carbocycles. The van der Waals surface area contributed by atoms with Gasteiger partial charge in [-0.1, -0.05) is 0 Å². The lowest BCUT2D eigenvalue weighted by atomic mass is 9.96. The molecule has 120 valence electrons. The summed E-state index contributed by atoms with van der Waals surface area (Å²) in [4.78, 5) is 34.4. The number of aliphatic carboxylic acids is 2. The van der Waals surface area contributed by atoms with Crippen LogP contribution in [0.25, 0.3) is 0 Å². The molecule has 0 radical (unpaired) electrons. The third kappa shape index (κ3) is 2.91. The minimum atomic E-state index is -1.19. The Kier molecular flexibility index (Phi) is 4.17. The Morgan fingerprint density at radius 1 is 1.04 bits per heavy atom. The number of rotatable bonds is 4. The van der Waals surface area contributed by atoms with Gasteiger partial charge in [0.2, 0.25) is 0 Å². The van der Waals surface area contributed by atoms with Gasteiger partial charge in [0.25, 0.3) is 5.69 Å². The molecule has 8 heteroatoms. The highest BCUT2D eigenvalue weighted by Gasteiger charge is 2.30. The molecule has 0 atom stereocenters. The Balaban J connectivity index is 2.58. The summed E-state index contributed by atoms with van der Waals surface area (Å²) >= 11 is 0. The van der Waals surface area contributed by atoms with E-state index < -0.39 is 16.9 Å². The van der Waals surface area contributed by atoms with E-state index in [1.807, 2.05) is 0 Å². The number of carbonyl (C=O) groups is 2. The van der Waals surface area contributed by atoms with Crippen LogP contribution in [0.3, 0.4) is 0 Å². The second kappa shape index (κ2) is 5.91. The topological polar surface area (TPSA) is 121 Å². The van der Waals surface area contributed by atoms with E-state index in [9.17, 15) is 29.9 Å². The number of benzene rings is 1. The van der Waals surface area contributed by atoms with Crippen molar-refractivity contribution in [3.05, 3.63) is 56.9 Å². The first-order valence-corrected chi connectivity index (χ1v) is 6.64. The van der Waals surface area contributed by atoms with Crippen LogP contribution in [0.15, 0.2) is 46.8 Å². The summed E-state index contributed by atoms with van der Waals surface area (Å²) in [5.41, 5.74) is 1.08. The summed E-state index contributed by atoms with van der Waals surface area (Å²) < 4.78 is 0. The van der Waals surface area contributed by atoms with Crippen LogP contribution in [-0.2, 0) is 9.59 Å². The molecule has 0 spiro atoms. The number of nitro groups is 1. The maximum atomic E-state index is 11.4. The molecule has 0 bridgehead atoms. The number of carboxylic acids is 2. The van der Waals surface area contributed by atoms with Gasteiger partial charge in [-0.2, -0.15) is 0 Å². The highest BCUT2D eigenvalue weighted by Crippen LogP contribution is 2.35. The molecule has 0 saturated heterocycles. The van der Waals surface area contributed by atoms with E-state index in [0.717, 1.165) is 0 Å². The summed E-state index contributed by atoms with van der Waals surface area (Å²) in [6.45, 7) is 3.15. The fourth-order valence-corrected chi connectivity index (χ4v) is 2.53. The first-order chi connectivity index (χ1) is 10.7. The quantitative estimate of drug-likeness (QED) is 0.646. The van der Waals surface area contributed by atoms with Crippen molar-refractivity contribution in [2.45, 2.75) is 20.3 Å². The fraction of sp³-hybridized carbons (Fsp3) is 0.200. The number of carboxylic acid groups (broad SMARTS) is 2. The van der Waals surface area contributed by atoms with Crippen LogP contribution in [-0.4, -0.2) is 27.1 Å². The smallest absolute Gasteiger partial charge is 0.333 e. The molecule has 1 aromatic rings. The zero-order valence-electron chi connectivity index (χ0n) is 12.4. The molecular weight excluding hydrogens is 304 g/mol. The molecule has 0 unspecified atom stereocenters. The minimum Gasteiger partial charge on any atom is -0.478 e. The largest absolute Gasteiger partial charge is 0.478 e. The van der Waals surface area contributed by atoms with Crippen molar-refractivity contribution in [1.82, 2.24) is 0 Å². The molecule has 0 saturated carbocycles. The lowest BCUT2D eigenvalue weighted by Gasteiger charge is -2.32. The summed E-state index contributed by atoms with van der Waals surface area (Å²) in [7, 11) is 0. The zero-order valence-corrected chi connectivity index (χ0v) is 12.4. The van der Waals surface area contributed by atoms with E-state index in [0.29, 0.717) is 17.1 Å². The Morgan fingerprint density at radius 3 is 1.83 bits per heavy atom. The number of hydrogen-bond acceptors (Lipinski definition) is 5. The molecule has 1 aromatic carbocycles. The Labute approximate surface area is 131 Å². The van der Waals surface area contributed by atoms with E-state index in [-0.39, 0.29) is 23.3 Å². The van der Waals surface area contributed by atoms with Gasteiger partial charge in [-0.05, 0) is 26.0 Å². The summed E-state index contributed by atoms with van der Waals surface area (Å²) in [5, 5.41) is 29.3. The molecule has 23 heavy (non-hydrogen) atoms. The lowest BCUT2D eigenvalue weighted by Crippen LogP contribution is -2.29. The molecule has 2 rings (SSSR count). The highest BCUT2D eigenvalue weighted by molar-refractivity contribution is 5.97. The molecule has 2 N–H and O–H groups in total. The van der Waals surface area contributed by atoms with Gasteiger partial charge in [-0.25, -0.2) is 9.59 Å². The van der Waals surface area contributed by atoms with Crippen molar-refractivity contribution in [2.75, 3.05) is 4.90 Å². The van der Waals surface area contributed by atoms with Crippen molar-refractivity contribution in [1.29, 1.82) is 0 Å². The Bertz CT molecular complexity index is 725. The maximum Gasteiger partial charge on any atom is 0.333 e.